The maximum atomic E-state index is 5.99. The van der Waals surface area contributed by atoms with Crippen molar-refractivity contribution in [2.75, 3.05) is 19.8 Å². The second-order valence-corrected chi connectivity index (χ2v) is 7.35. The van der Waals surface area contributed by atoms with Crippen LogP contribution in [-0.2, 0) is 36.2 Å². The first-order valence-corrected chi connectivity index (χ1v) is 10.4. The molecule has 1 aliphatic heterocycles. The van der Waals surface area contributed by atoms with Crippen molar-refractivity contribution in [3.63, 3.8) is 0 Å². The number of nitrogens with zero attached hydrogens (tertiary/aromatic N) is 4. The number of halogens is 1. The van der Waals surface area contributed by atoms with E-state index >= 15 is 0 Å². The van der Waals surface area contributed by atoms with E-state index in [0.717, 1.165) is 43.3 Å². The molecule has 0 amide bonds. The van der Waals surface area contributed by atoms with Gasteiger partial charge in [0.2, 0.25) is 0 Å². The van der Waals surface area contributed by atoms with Gasteiger partial charge in [-0.2, -0.15) is 0 Å². The molecule has 0 saturated carbocycles. The third-order valence-electron chi connectivity index (χ3n) is 5.11. The van der Waals surface area contributed by atoms with Crippen LogP contribution in [0.4, 0.5) is 0 Å². The summed E-state index contributed by atoms with van der Waals surface area (Å²) in [6.45, 7) is 9.68. The number of hydrogen-bond donors (Lipinski definition) is 2. The highest BCUT2D eigenvalue weighted by atomic mass is 127. The standard InChI is InChI=1S/C22H32N6O2.HI/c1-4-11-23-22(25-15-21-27-26-17(2)28(21)3)24-14-18-5-7-19(8-6-18)16-30-20-9-12-29-13-10-20;/h4-8,20H,1,9-16H2,2-3H3,(H2,23,24,25);1H. The van der Waals surface area contributed by atoms with Gasteiger partial charge in [-0.1, -0.05) is 30.3 Å². The molecule has 2 aromatic rings. The van der Waals surface area contributed by atoms with Crippen molar-refractivity contribution in [3.05, 3.63) is 59.7 Å². The molecule has 8 nitrogen and oxygen atoms in total. The highest BCUT2D eigenvalue weighted by Crippen LogP contribution is 2.14. The lowest BCUT2D eigenvalue weighted by atomic mass is 10.1. The molecule has 0 atom stereocenters. The molecule has 0 bridgehead atoms. The molecule has 2 N–H and O–H groups in total. The molecule has 0 aliphatic carbocycles. The number of ether oxygens (including phenoxy) is 2. The Hall–Kier alpha value is -1.98. The normalized spacial score (nSPS) is 14.7. The highest BCUT2D eigenvalue weighted by molar-refractivity contribution is 14.0. The summed E-state index contributed by atoms with van der Waals surface area (Å²) in [7, 11) is 1.95. The largest absolute Gasteiger partial charge is 0.381 e. The summed E-state index contributed by atoms with van der Waals surface area (Å²) in [5, 5.41) is 14.8. The van der Waals surface area contributed by atoms with Gasteiger partial charge in [-0.05, 0) is 30.9 Å². The zero-order valence-corrected chi connectivity index (χ0v) is 20.7. The van der Waals surface area contributed by atoms with Crippen LogP contribution < -0.4 is 10.6 Å². The first kappa shape index (κ1) is 25.3. The summed E-state index contributed by atoms with van der Waals surface area (Å²) in [6.07, 6.45) is 4.07. The predicted molar refractivity (Wildman–Crippen MR) is 132 cm³/mol. The number of guanidine groups is 1. The molecule has 0 spiro atoms. The highest BCUT2D eigenvalue weighted by Gasteiger charge is 2.14. The van der Waals surface area contributed by atoms with Gasteiger partial charge in [-0.25, -0.2) is 4.99 Å². The summed E-state index contributed by atoms with van der Waals surface area (Å²) in [5.74, 6) is 2.45. The second kappa shape index (κ2) is 13.4. The fourth-order valence-corrected chi connectivity index (χ4v) is 3.08. The summed E-state index contributed by atoms with van der Waals surface area (Å²) in [4.78, 5) is 4.68. The molecule has 1 aromatic heterocycles. The Kier molecular flexibility index (Phi) is 11.0. The SMILES string of the molecule is C=CCNC(=NCc1ccc(COC2CCOCC2)cc1)NCc1nnc(C)n1C.I. The van der Waals surface area contributed by atoms with Crippen molar-refractivity contribution in [2.24, 2.45) is 12.0 Å². The molecular formula is C22H33IN6O2. The van der Waals surface area contributed by atoms with Crippen molar-refractivity contribution in [1.29, 1.82) is 0 Å². The molecule has 1 aromatic carbocycles. The smallest absolute Gasteiger partial charge is 0.192 e. The van der Waals surface area contributed by atoms with E-state index in [0.29, 0.717) is 38.3 Å². The molecule has 2 heterocycles. The topological polar surface area (TPSA) is 85.6 Å². The van der Waals surface area contributed by atoms with Crippen LogP contribution in [0.3, 0.4) is 0 Å². The molecule has 170 valence electrons. The van der Waals surface area contributed by atoms with Gasteiger partial charge in [0, 0.05) is 26.8 Å². The Balaban J connectivity index is 0.00000341. The van der Waals surface area contributed by atoms with E-state index in [1.165, 1.54) is 5.56 Å². The van der Waals surface area contributed by atoms with Crippen LogP contribution in [0.5, 0.6) is 0 Å². The van der Waals surface area contributed by atoms with Crippen LogP contribution in [0.15, 0.2) is 41.9 Å². The van der Waals surface area contributed by atoms with E-state index in [2.05, 4.69) is 56.7 Å². The van der Waals surface area contributed by atoms with Gasteiger partial charge in [0.1, 0.15) is 5.82 Å². The van der Waals surface area contributed by atoms with Crippen molar-refractivity contribution < 1.29 is 9.47 Å². The van der Waals surface area contributed by atoms with Crippen LogP contribution in [-0.4, -0.2) is 46.6 Å². The molecule has 1 saturated heterocycles. The number of nitrogens with one attached hydrogen (secondary N) is 2. The van der Waals surface area contributed by atoms with Crippen molar-refractivity contribution >= 4 is 29.9 Å². The Morgan fingerprint density at radius 1 is 1.23 bits per heavy atom. The lowest BCUT2D eigenvalue weighted by Crippen LogP contribution is -2.37. The van der Waals surface area contributed by atoms with Gasteiger partial charge in [0.25, 0.3) is 0 Å². The molecule has 9 heteroatoms. The minimum Gasteiger partial charge on any atom is -0.381 e. The fraction of sp³-hybridized carbons (Fsp3) is 0.500. The Morgan fingerprint density at radius 3 is 2.58 bits per heavy atom. The number of rotatable bonds is 9. The van der Waals surface area contributed by atoms with E-state index in [4.69, 9.17) is 9.47 Å². The van der Waals surface area contributed by atoms with Gasteiger partial charge in [-0.3, -0.25) is 0 Å². The summed E-state index contributed by atoms with van der Waals surface area (Å²) < 4.78 is 13.3. The molecule has 1 fully saturated rings. The Bertz CT molecular complexity index is 831. The minimum absolute atomic E-state index is 0. The van der Waals surface area contributed by atoms with Crippen LogP contribution in [0.25, 0.3) is 0 Å². The quantitative estimate of drug-likeness (QED) is 0.220. The molecular weight excluding hydrogens is 507 g/mol. The average molecular weight is 540 g/mol. The van der Waals surface area contributed by atoms with E-state index in [1.54, 1.807) is 6.08 Å². The van der Waals surface area contributed by atoms with Crippen LogP contribution in [0, 0.1) is 6.92 Å². The fourth-order valence-electron chi connectivity index (χ4n) is 3.08. The predicted octanol–water partition coefficient (Wildman–Crippen LogP) is 2.86. The summed E-state index contributed by atoms with van der Waals surface area (Å²) in [6, 6.07) is 8.42. The van der Waals surface area contributed by atoms with E-state index in [1.807, 2.05) is 18.5 Å². The number of benzene rings is 1. The van der Waals surface area contributed by atoms with E-state index < -0.39 is 0 Å². The lowest BCUT2D eigenvalue weighted by Gasteiger charge is -2.22. The zero-order chi connectivity index (χ0) is 21.2. The van der Waals surface area contributed by atoms with Crippen LogP contribution in [0.2, 0.25) is 0 Å². The minimum atomic E-state index is 0. The van der Waals surface area contributed by atoms with Crippen LogP contribution >= 0.6 is 24.0 Å². The number of aromatic nitrogens is 3. The van der Waals surface area contributed by atoms with Crippen molar-refractivity contribution in [2.45, 2.75) is 45.6 Å². The molecule has 0 radical (unpaired) electrons. The monoisotopic (exact) mass is 540 g/mol. The van der Waals surface area contributed by atoms with Gasteiger partial charge in [-0.15, -0.1) is 40.8 Å². The van der Waals surface area contributed by atoms with E-state index in [-0.39, 0.29) is 24.0 Å². The summed E-state index contributed by atoms with van der Waals surface area (Å²) in [5.41, 5.74) is 2.31. The molecule has 0 unspecified atom stereocenters. The maximum absolute atomic E-state index is 5.99. The van der Waals surface area contributed by atoms with Crippen LogP contribution in [0.1, 0.15) is 35.6 Å². The first-order chi connectivity index (χ1) is 14.7. The third kappa shape index (κ3) is 8.23. The van der Waals surface area contributed by atoms with Gasteiger partial charge < -0.3 is 24.7 Å². The Morgan fingerprint density at radius 2 is 1.94 bits per heavy atom. The van der Waals surface area contributed by atoms with Gasteiger partial charge in [0.15, 0.2) is 11.8 Å². The third-order valence-corrected chi connectivity index (χ3v) is 5.11. The zero-order valence-electron chi connectivity index (χ0n) is 18.3. The lowest BCUT2D eigenvalue weighted by molar-refractivity contribution is -0.0390. The first-order valence-electron chi connectivity index (χ1n) is 10.4. The molecule has 31 heavy (non-hydrogen) atoms. The number of aliphatic imine (C=N–C) groups is 1. The van der Waals surface area contributed by atoms with E-state index in [9.17, 15) is 0 Å². The van der Waals surface area contributed by atoms with Gasteiger partial charge in [0.05, 0.1) is 25.8 Å². The number of aryl methyl sites for hydroxylation is 1. The molecule has 3 rings (SSSR count). The van der Waals surface area contributed by atoms with Crippen molar-refractivity contribution in [3.8, 4) is 0 Å². The van der Waals surface area contributed by atoms with Gasteiger partial charge >= 0.3 is 0 Å². The maximum Gasteiger partial charge on any atom is 0.192 e. The molecule has 1 aliphatic rings. The second-order valence-electron chi connectivity index (χ2n) is 7.35. The number of hydrogen-bond acceptors (Lipinski definition) is 5. The Labute approximate surface area is 201 Å². The van der Waals surface area contributed by atoms with Crippen molar-refractivity contribution in [1.82, 2.24) is 25.4 Å². The average Bonchev–Trinajstić information content (AvgIpc) is 3.11. The summed E-state index contributed by atoms with van der Waals surface area (Å²) >= 11 is 0.